The number of methoxy groups -OCH3 is 1. The summed E-state index contributed by atoms with van der Waals surface area (Å²) in [5, 5.41) is 10.7. The average molecular weight is 201 g/mol. The van der Waals surface area contributed by atoms with E-state index in [2.05, 4.69) is 4.74 Å². The van der Waals surface area contributed by atoms with Gasteiger partial charge in [0.15, 0.2) is 0 Å². The van der Waals surface area contributed by atoms with Crippen molar-refractivity contribution in [2.45, 2.75) is 32.2 Å². The first-order valence-electron chi connectivity index (χ1n) is 4.31. The molecule has 0 N–H and O–H groups in total. The van der Waals surface area contributed by atoms with Crippen LogP contribution in [0.5, 0.6) is 0 Å². The Morgan fingerprint density at radius 2 is 2.21 bits per heavy atom. The van der Waals surface area contributed by atoms with Crippen LogP contribution in [0.2, 0.25) is 0 Å². The summed E-state index contributed by atoms with van der Waals surface area (Å²) in [6.07, 6.45) is 3.30. The van der Waals surface area contributed by atoms with E-state index in [4.69, 9.17) is 0 Å². The van der Waals surface area contributed by atoms with Crippen LogP contribution in [0.4, 0.5) is 0 Å². The van der Waals surface area contributed by atoms with Crippen molar-refractivity contribution in [3.63, 3.8) is 0 Å². The third kappa shape index (κ3) is 3.55. The van der Waals surface area contributed by atoms with Gasteiger partial charge in [0, 0.05) is 18.3 Å². The Balaban J connectivity index is 4.39. The highest BCUT2D eigenvalue weighted by Gasteiger charge is 2.34. The molecule has 0 amide bonds. The molecule has 0 spiro atoms. The number of allylic oxidation sites excluding steroid dienone is 1. The van der Waals surface area contributed by atoms with Crippen molar-refractivity contribution in [1.29, 1.82) is 0 Å². The SMILES string of the molecule is C/C=C/C(C)(CCC(=O)OC)[N+](=O)[O-]. The zero-order valence-electron chi connectivity index (χ0n) is 8.65. The van der Waals surface area contributed by atoms with Crippen LogP contribution < -0.4 is 0 Å². The summed E-state index contributed by atoms with van der Waals surface area (Å²) >= 11 is 0. The predicted molar refractivity (Wildman–Crippen MR) is 51.5 cm³/mol. The molecule has 0 aliphatic heterocycles. The first-order chi connectivity index (χ1) is 6.46. The van der Waals surface area contributed by atoms with Gasteiger partial charge in [-0.15, -0.1) is 0 Å². The zero-order valence-corrected chi connectivity index (χ0v) is 8.65. The first kappa shape index (κ1) is 12.6. The molecule has 5 heteroatoms. The molecule has 1 atom stereocenters. The fraction of sp³-hybridized carbons (Fsp3) is 0.667. The normalized spacial score (nSPS) is 15.1. The van der Waals surface area contributed by atoms with Gasteiger partial charge < -0.3 is 4.74 Å². The monoisotopic (exact) mass is 201 g/mol. The number of carbonyl (C=O) groups excluding carboxylic acids is 1. The lowest BCUT2D eigenvalue weighted by molar-refractivity contribution is -0.551. The van der Waals surface area contributed by atoms with Gasteiger partial charge >= 0.3 is 5.97 Å². The van der Waals surface area contributed by atoms with Gasteiger partial charge in [-0.2, -0.15) is 0 Å². The summed E-state index contributed by atoms with van der Waals surface area (Å²) in [4.78, 5) is 21.1. The van der Waals surface area contributed by atoms with Crippen LogP contribution in [-0.4, -0.2) is 23.5 Å². The second-order valence-corrected chi connectivity index (χ2v) is 3.19. The molecule has 0 radical (unpaired) electrons. The van der Waals surface area contributed by atoms with Gasteiger partial charge in [-0.1, -0.05) is 6.08 Å². The quantitative estimate of drug-likeness (QED) is 0.293. The Labute approximate surface area is 82.9 Å². The molecule has 0 aromatic heterocycles. The molecule has 0 bridgehead atoms. The van der Waals surface area contributed by atoms with Gasteiger partial charge in [-0.05, 0) is 13.0 Å². The molecule has 80 valence electrons. The maximum absolute atomic E-state index is 10.8. The van der Waals surface area contributed by atoms with Gasteiger partial charge in [0.05, 0.1) is 13.5 Å². The lowest BCUT2D eigenvalue weighted by Gasteiger charge is -2.15. The van der Waals surface area contributed by atoms with Gasteiger partial charge in [0.25, 0.3) is 0 Å². The van der Waals surface area contributed by atoms with E-state index >= 15 is 0 Å². The van der Waals surface area contributed by atoms with E-state index in [-0.39, 0.29) is 12.8 Å². The van der Waals surface area contributed by atoms with Crippen molar-refractivity contribution in [1.82, 2.24) is 0 Å². The van der Waals surface area contributed by atoms with E-state index in [1.807, 2.05) is 0 Å². The maximum atomic E-state index is 10.8. The molecular weight excluding hydrogens is 186 g/mol. The van der Waals surface area contributed by atoms with E-state index in [1.165, 1.54) is 20.1 Å². The van der Waals surface area contributed by atoms with E-state index in [9.17, 15) is 14.9 Å². The summed E-state index contributed by atoms with van der Waals surface area (Å²) in [6, 6.07) is 0. The summed E-state index contributed by atoms with van der Waals surface area (Å²) in [7, 11) is 1.27. The number of rotatable bonds is 5. The molecule has 0 aliphatic carbocycles. The summed E-state index contributed by atoms with van der Waals surface area (Å²) < 4.78 is 4.42. The Hall–Kier alpha value is -1.39. The third-order valence-electron chi connectivity index (χ3n) is 2.01. The second kappa shape index (κ2) is 5.36. The molecule has 0 aromatic carbocycles. The largest absolute Gasteiger partial charge is 0.469 e. The van der Waals surface area contributed by atoms with E-state index in [0.29, 0.717) is 0 Å². The van der Waals surface area contributed by atoms with Crippen molar-refractivity contribution in [3.8, 4) is 0 Å². The summed E-state index contributed by atoms with van der Waals surface area (Å²) in [6.45, 7) is 3.19. The summed E-state index contributed by atoms with van der Waals surface area (Å²) in [5.41, 5.74) is -1.18. The summed E-state index contributed by atoms with van der Waals surface area (Å²) in [5.74, 6) is -0.428. The Morgan fingerprint density at radius 1 is 1.64 bits per heavy atom. The Bertz CT molecular complexity index is 249. The number of hydrogen-bond donors (Lipinski definition) is 0. The van der Waals surface area contributed by atoms with Crippen molar-refractivity contribution in [2.24, 2.45) is 0 Å². The van der Waals surface area contributed by atoms with Gasteiger partial charge in [-0.3, -0.25) is 14.9 Å². The molecule has 14 heavy (non-hydrogen) atoms. The first-order valence-corrected chi connectivity index (χ1v) is 4.31. The molecule has 0 saturated carbocycles. The van der Waals surface area contributed by atoms with Crippen LogP contribution in [0.1, 0.15) is 26.7 Å². The number of nitrogens with zero attached hydrogens (tertiary/aromatic N) is 1. The lowest BCUT2D eigenvalue weighted by atomic mass is 9.96. The minimum Gasteiger partial charge on any atom is -0.469 e. The molecular formula is C9H15NO4. The number of ether oxygens (including phenoxy) is 1. The predicted octanol–water partition coefficient (Wildman–Crippen LogP) is 1.55. The zero-order chi connectivity index (χ0) is 11.2. The van der Waals surface area contributed by atoms with Crippen molar-refractivity contribution < 1.29 is 14.5 Å². The topological polar surface area (TPSA) is 69.4 Å². The van der Waals surface area contributed by atoms with Crippen molar-refractivity contribution >= 4 is 5.97 Å². The highest BCUT2D eigenvalue weighted by Crippen LogP contribution is 2.18. The second-order valence-electron chi connectivity index (χ2n) is 3.19. The van der Waals surface area contributed by atoms with Crippen LogP contribution in [0.3, 0.4) is 0 Å². The molecule has 0 heterocycles. The number of hydrogen-bond acceptors (Lipinski definition) is 4. The minimum atomic E-state index is -1.18. The average Bonchev–Trinajstić information content (AvgIpc) is 2.14. The number of esters is 1. The molecule has 5 nitrogen and oxygen atoms in total. The molecule has 0 rings (SSSR count). The van der Waals surface area contributed by atoms with E-state index in [1.54, 1.807) is 13.0 Å². The lowest BCUT2D eigenvalue weighted by Crippen LogP contribution is -2.33. The van der Waals surface area contributed by atoms with Crippen LogP contribution in [-0.2, 0) is 9.53 Å². The van der Waals surface area contributed by atoms with Crippen LogP contribution in [0, 0.1) is 10.1 Å². The van der Waals surface area contributed by atoms with E-state index in [0.717, 1.165) is 0 Å². The highest BCUT2D eigenvalue weighted by molar-refractivity contribution is 5.69. The molecule has 1 unspecified atom stereocenters. The van der Waals surface area contributed by atoms with Crippen LogP contribution >= 0.6 is 0 Å². The molecule has 0 aliphatic rings. The fourth-order valence-corrected chi connectivity index (χ4v) is 1.05. The van der Waals surface area contributed by atoms with Gasteiger partial charge in [-0.25, -0.2) is 0 Å². The van der Waals surface area contributed by atoms with Crippen molar-refractivity contribution in [2.75, 3.05) is 7.11 Å². The van der Waals surface area contributed by atoms with E-state index < -0.39 is 16.4 Å². The number of nitro groups is 1. The molecule has 0 aromatic rings. The highest BCUT2D eigenvalue weighted by atomic mass is 16.6. The van der Waals surface area contributed by atoms with Crippen LogP contribution in [0.25, 0.3) is 0 Å². The maximum Gasteiger partial charge on any atom is 0.305 e. The molecule has 0 saturated heterocycles. The minimum absolute atomic E-state index is 0.0539. The standard InChI is InChI=1S/C9H15NO4/c1-4-6-9(2,10(12)13)7-5-8(11)14-3/h4,6H,5,7H2,1-3H3/b6-4+. The Kier molecular flexibility index (Phi) is 4.83. The van der Waals surface area contributed by atoms with Gasteiger partial charge in [0.2, 0.25) is 5.54 Å². The van der Waals surface area contributed by atoms with Crippen molar-refractivity contribution in [3.05, 3.63) is 22.3 Å². The molecule has 0 fully saturated rings. The Morgan fingerprint density at radius 3 is 2.57 bits per heavy atom. The smallest absolute Gasteiger partial charge is 0.305 e. The van der Waals surface area contributed by atoms with Crippen LogP contribution in [0.15, 0.2) is 12.2 Å². The number of carbonyl (C=O) groups is 1. The van der Waals surface area contributed by atoms with Gasteiger partial charge in [0.1, 0.15) is 0 Å². The fourth-order valence-electron chi connectivity index (χ4n) is 1.05. The third-order valence-corrected chi connectivity index (χ3v) is 2.01.